The highest BCUT2D eigenvalue weighted by Crippen LogP contribution is 2.29. The molecule has 17 heavy (non-hydrogen) atoms. The fourth-order valence-electron chi connectivity index (χ4n) is 1.42. The second-order valence-corrected chi connectivity index (χ2v) is 4.45. The van der Waals surface area contributed by atoms with E-state index in [0.717, 1.165) is 21.9 Å². The van der Waals surface area contributed by atoms with Gasteiger partial charge < -0.3 is 9.15 Å². The standard InChI is InChI=1S/C13H12O3S/c1-2-13(14)15-7-8-17-12-9-16-11-6-4-3-5-10(11)12/h2-6,9H,1,7-8H2. The van der Waals surface area contributed by atoms with Crippen molar-refractivity contribution < 1.29 is 13.9 Å². The van der Waals surface area contributed by atoms with Gasteiger partial charge in [0, 0.05) is 17.2 Å². The predicted molar refractivity (Wildman–Crippen MR) is 68.1 cm³/mol. The Morgan fingerprint density at radius 3 is 3.12 bits per heavy atom. The molecule has 3 nitrogen and oxygen atoms in total. The van der Waals surface area contributed by atoms with E-state index in [1.807, 2.05) is 24.3 Å². The number of thioether (sulfide) groups is 1. The summed E-state index contributed by atoms with van der Waals surface area (Å²) in [6.07, 6.45) is 2.89. The molecule has 2 aromatic rings. The molecule has 0 N–H and O–H groups in total. The lowest BCUT2D eigenvalue weighted by Gasteiger charge is -2.00. The number of para-hydroxylation sites is 1. The molecule has 0 saturated heterocycles. The van der Waals surface area contributed by atoms with Crippen LogP contribution in [0.4, 0.5) is 0 Å². The topological polar surface area (TPSA) is 39.4 Å². The van der Waals surface area contributed by atoms with Crippen LogP contribution in [0.1, 0.15) is 0 Å². The number of hydrogen-bond donors (Lipinski definition) is 0. The van der Waals surface area contributed by atoms with Gasteiger partial charge in [-0.05, 0) is 12.1 Å². The van der Waals surface area contributed by atoms with Gasteiger partial charge >= 0.3 is 5.97 Å². The first kappa shape index (κ1) is 11.8. The summed E-state index contributed by atoms with van der Waals surface area (Å²) in [5, 5.41) is 1.09. The molecular weight excluding hydrogens is 236 g/mol. The highest BCUT2D eigenvalue weighted by atomic mass is 32.2. The molecule has 0 aliphatic carbocycles. The van der Waals surface area contributed by atoms with Gasteiger partial charge in [0.15, 0.2) is 0 Å². The Morgan fingerprint density at radius 1 is 1.47 bits per heavy atom. The number of esters is 1. The van der Waals surface area contributed by atoms with E-state index in [2.05, 4.69) is 6.58 Å². The summed E-state index contributed by atoms with van der Waals surface area (Å²) in [7, 11) is 0. The maximum absolute atomic E-state index is 10.8. The molecule has 0 saturated carbocycles. The maximum Gasteiger partial charge on any atom is 0.330 e. The monoisotopic (exact) mass is 248 g/mol. The van der Waals surface area contributed by atoms with E-state index in [1.165, 1.54) is 0 Å². The lowest BCUT2D eigenvalue weighted by atomic mass is 10.3. The first-order valence-electron chi connectivity index (χ1n) is 5.19. The van der Waals surface area contributed by atoms with Crippen molar-refractivity contribution in [1.82, 2.24) is 0 Å². The molecule has 88 valence electrons. The lowest BCUT2D eigenvalue weighted by Crippen LogP contribution is -2.03. The quantitative estimate of drug-likeness (QED) is 0.352. The number of furan rings is 1. The summed E-state index contributed by atoms with van der Waals surface area (Å²) >= 11 is 1.60. The van der Waals surface area contributed by atoms with Crippen LogP contribution in [0.3, 0.4) is 0 Å². The molecule has 0 aliphatic rings. The number of carbonyl (C=O) groups excluding carboxylic acids is 1. The van der Waals surface area contributed by atoms with Crippen LogP contribution in [0.5, 0.6) is 0 Å². The average Bonchev–Trinajstić information content (AvgIpc) is 2.78. The van der Waals surface area contributed by atoms with Crippen molar-refractivity contribution in [3.8, 4) is 0 Å². The Hall–Kier alpha value is -1.68. The Bertz CT molecular complexity index is 530. The van der Waals surface area contributed by atoms with Crippen LogP contribution in [0.2, 0.25) is 0 Å². The van der Waals surface area contributed by atoms with Crippen molar-refractivity contribution in [2.24, 2.45) is 0 Å². The molecule has 0 unspecified atom stereocenters. The second kappa shape index (κ2) is 5.59. The second-order valence-electron chi connectivity index (χ2n) is 3.32. The van der Waals surface area contributed by atoms with Crippen LogP contribution < -0.4 is 0 Å². The van der Waals surface area contributed by atoms with E-state index in [9.17, 15) is 4.79 Å². The third-order valence-electron chi connectivity index (χ3n) is 2.20. The average molecular weight is 248 g/mol. The van der Waals surface area contributed by atoms with Gasteiger partial charge in [0.05, 0.1) is 4.90 Å². The number of hydrogen-bond acceptors (Lipinski definition) is 4. The molecule has 1 aromatic heterocycles. The Kier molecular flexibility index (Phi) is 3.88. The van der Waals surface area contributed by atoms with Crippen LogP contribution in [-0.2, 0) is 9.53 Å². The molecule has 0 fully saturated rings. The zero-order valence-electron chi connectivity index (χ0n) is 9.22. The number of carbonyl (C=O) groups is 1. The first-order chi connectivity index (χ1) is 8.31. The van der Waals surface area contributed by atoms with E-state index < -0.39 is 0 Å². The lowest BCUT2D eigenvalue weighted by molar-refractivity contribution is -0.137. The highest BCUT2D eigenvalue weighted by Gasteiger charge is 2.05. The van der Waals surface area contributed by atoms with E-state index in [1.54, 1.807) is 18.0 Å². The SMILES string of the molecule is C=CC(=O)OCCSc1coc2ccccc12. The molecule has 0 bridgehead atoms. The van der Waals surface area contributed by atoms with Gasteiger partial charge in [-0.25, -0.2) is 4.79 Å². The van der Waals surface area contributed by atoms with Gasteiger partial charge in [-0.1, -0.05) is 18.7 Å². The molecular formula is C13H12O3S. The Labute approximate surface area is 103 Å². The Balaban J connectivity index is 1.91. The summed E-state index contributed by atoms with van der Waals surface area (Å²) in [6, 6.07) is 7.85. The molecule has 2 rings (SSSR count). The smallest absolute Gasteiger partial charge is 0.330 e. The zero-order valence-corrected chi connectivity index (χ0v) is 10.0. The number of rotatable bonds is 5. The van der Waals surface area contributed by atoms with Crippen LogP contribution in [-0.4, -0.2) is 18.3 Å². The van der Waals surface area contributed by atoms with Crippen molar-refractivity contribution >= 4 is 28.7 Å². The summed E-state index contributed by atoms with van der Waals surface area (Å²) in [5.41, 5.74) is 0.873. The van der Waals surface area contributed by atoms with Gasteiger partial charge in [-0.15, -0.1) is 11.8 Å². The van der Waals surface area contributed by atoms with E-state index >= 15 is 0 Å². The molecule has 0 aliphatic heterocycles. The van der Waals surface area contributed by atoms with Crippen molar-refractivity contribution in [1.29, 1.82) is 0 Å². The van der Waals surface area contributed by atoms with Gasteiger partial charge in [-0.2, -0.15) is 0 Å². The minimum atomic E-state index is -0.386. The van der Waals surface area contributed by atoms with Gasteiger partial charge in [0.25, 0.3) is 0 Å². The molecule has 0 radical (unpaired) electrons. The zero-order chi connectivity index (χ0) is 12.1. The molecule has 0 atom stereocenters. The minimum absolute atomic E-state index is 0.370. The Morgan fingerprint density at radius 2 is 2.29 bits per heavy atom. The fourth-order valence-corrected chi connectivity index (χ4v) is 2.24. The van der Waals surface area contributed by atoms with Crippen molar-refractivity contribution in [2.75, 3.05) is 12.4 Å². The number of ether oxygens (including phenoxy) is 1. The third kappa shape index (κ3) is 2.91. The van der Waals surface area contributed by atoms with Gasteiger partial charge in [0.2, 0.25) is 0 Å². The first-order valence-corrected chi connectivity index (χ1v) is 6.18. The van der Waals surface area contributed by atoms with Gasteiger partial charge in [-0.3, -0.25) is 0 Å². The normalized spacial score (nSPS) is 10.4. The molecule has 4 heteroatoms. The summed E-state index contributed by atoms with van der Waals surface area (Å²) in [6.45, 7) is 3.70. The van der Waals surface area contributed by atoms with E-state index in [4.69, 9.17) is 9.15 Å². The van der Waals surface area contributed by atoms with Crippen LogP contribution in [0.25, 0.3) is 11.0 Å². The molecule has 0 spiro atoms. The maximum atomic E-state index is 10.8. The largest absolute Gasteiger partial charge is 0.463 e. The predicted octanol–water partition coefficient (Wildman–Crippen LogP) is 3.25. The molecule has 0 amide bonds. The highest BCUT2D eigenvalue weighted by molar-refractivity contribution is 7.99. The van der Waals surface area contributed by atoms with Crippen LogP contribution in [0, 0.1) is 0 Å². The van der Waals surface area contributed by atoms with Gasteiger partial charge in [0.1, 0.15) is 18.5 Å². The van der Waals surface area contributed by atoms with Crippen molar-refractivity contribution in [3.05, 3.63) is 43.2 Å². The minimum Gasteiger partial charge on any atom is -0.463 e. The fraction of sp³-hybridized carbons (Fsp3) is 0.154. The van der Waals surface area contributed by atoms with E-state index in [-0.39, 0.29) is 5.97 Å². The van der Waals surface area contributed by atoms with E-state index in [0.29, 0.717) is 12.4 Å². The summed E-state index contributed by atoms with van der Waals surface area (Å²) < 4.78 is 10.3. The van der Waals surface area contributed by atoms with Crippen molar-refractivity contribution in [3.63, 3.8) is 0 Å². The molecule has 1 aromatic carbocycles. The summed E-state index contributed by atoms with van der Waals surface area (Å²) in [4.78, 5) is 11.9. The number of benzene rings is 1. The molecule has 1 heterocycles. The van der Waals surface area contributed by atoms with Crippen LogP contribution >= 0.6 is 11.8 Å². The van der Waals surface area contributed by atoms with Crippen molar-refractivity contribution in [2.45, 2.75) is 4.90 Å². The summed E-state index contributed by atoms with van der Waals surface area (Å²) in [5.74, 6) is 0.311. The number of fused-ring (bicyclic) bond motifs is 1. The third-order valence-corrected chi connectivity index (χ3v) is 3.20. The van der Waals surface area contributed by atoms with Crippen LogP contribution in [0.15, 0.2) is 52.5 Å².